The maximum absolute atomic E-state index is 12.4. The first-order chi connectivity index (χ1) is 11.6. The van der Waals surface area contributed by atoms with Gasteiger partial charge in [0.15, 0.2) is 8.32 Å². The molecular formula is C20H35NO3Si. The Balaban J connectivity index is 2.48. The molecular weight excluding hydrogens is 330 g/mol. The molecule has 5 heteroatoms. The second-order valence-electron chi connectivity index (χ2n) is 8.23. The van der Waals surface area contributed by atoms with E-state index in [2.05, 4.69) is 46.1 Å². The molecule has 1 N–H and O–H groups in total. The number of esters is 1. The number of rotatable bonds is 9. The lowest BCUT2D eigenvalue weighted by Crippen LogP contribution is -2.43. The first-order valence-electron chi connectivity index (χ1n) is 9.10. The fraction of sp³-hybridized carbons (Fsp3) is 0.650. The van der Waals surface area contributed by atoms with Crippen LogP contribution < -0.4 is 5.32 Å². The third-order valence-corrected chi connectivity index (χ3v) is 9.74. The van der Waals surface area contributed by atoms with E-state index in [-0.39, 0.29) is 23.0 Å². The minimum Gasteiger partial charge on any atom is -0.460 e. The maximum atomic E-state index is 12.4. The average molecular weight is 366 g/mol. The van der Waals surface area contributed by atoms with Crippen molar-refractivity contribution in [3.63, 3.8) is 0 Å². The summed E-state index contributed by atoms with van der Waals surface area (Å²) in [6, 6.07) is 9.44. The number of hydrogen-bond donors (Lipinski definition) is 1. The van der Waals surface area contributed by atoms with E-state index in [0.29, 0.717) is 13.2 Å². The van der Waals surface area contributed by atoms with Crippen LogP contribution in [0, 0.1) is 5.92 Å². The van der Waals surface area contributed by atoms with Crippen LogP contribution in [-0.4, -0.2) is 34.0 Å². The molecule has 142 valence electrons. The van der Waals surface area contributed by atoms with Crippen molar-refractivity contribution in [2.24, 2.45) is 5.92 Å². The Morgan fingerprint density at radius 2 is 1.80 bits per heavy atom. The van der Waals surface area contributed by atoms with E-state index in [4.69, 9.17) is 9.16 Å². The van der Waals surface area contributed by atoms with E-state index in [0.717, 1.165) is 12.0 Å². The molecule has 0 saturated heterocycles. The molecule has 0 bridgehead atoms. The van der Waals surface area contributed by atoms with Crippen LogP contribution >= 0.6 is 0 Å². The molecule has 0 radical (unpaired) electrons. The molecule has 0 aromatic heterocycles. The molecule has 4 nitrogen and oxygen atoms in total. The predicted octanol–water partition coefficient (Wildman–Crippen LogP) is 4.37. The highest BCUT2D eigenvalue weighted by atomic mass is 28.4. The van der Waals surface area contributed by atoms with E-state index < -0.39 is 8.32 Å². The van der Waals surface area contributed by atoms with Gasteiger partial charge in [-0.15, -0.1) is 0 Å². The highest BCUT2D eigenvalue weighted by molar-refractivity contribution is 6.74. The first kappa shape index (κ1) is 21.9. The van der Waals surface area contributed by atoms with Crippen LogP contribution in [0.3, 0.4) is 0 Å². The molecule has 0 heterocycles. The summed E-state index contributed by atoms with van der Waals surface area (Å²) in [6.45, 7) is 14.3. The van der Waals surface area contributed by atoms with Crippen molar-refractivity contribution < 1.29 is 14.0 Å². The number of ether oxygens (including phenoxy) is 1. The van der Waals surface area contributed by atoms with Crippen LogP contribution in [0.5, 0.6) is 0 Å². The van der Waals surface area contributed by atoms with E-state index in [1.54, 1.807) is 7.05 Å². The minimum absolute atomic E-state index is 0.151. The molecule has 0 fully saturated rings. The van der Waals surface area contributed by atoms with Crippen molar-refractivity contribution in [1.29, 1.82) is 0 Å². The summed E-state index contributed by atoms with van der Waals surface area (Å²) >= 11 is 0. The van der Waals surface area contributed by atoms with Crippen LogP contribution in [0.1, 0.15) is 39.7 Å². The molecule has 0 aliphatic rings. The minimum atomic E-state index is -1.74. The highest BCUT2D eigenvalue weighted by Crippen LogP contribution is 2.36. The van der Waals surface area contributed by atoms with Crippen LogP contribution in [0.2, 0.25) is 18.1 Å². The summed E-state index contributed by atoms with van der Waals surface area (Å²) in [5, 5.41) is 3.30. The lowest BCUT2D eigenvalue weighted by Gasteiger charge is -2.36. The van der Waals surface area contributed by atoms with Gasteiger partial charge in [0.2, 0.25) is 0 Å². The molecule has 1 aromatic rings. The summed E-state index contributed by atoms with van der Waals surface area (Å²) in [4.78, 5) is 12.4. The largest absolute Gasteiger partial charge is 0.460 e. The third-order valence-electron chi connectivity index (χ3n) is 5.20. The summed E-state index contributed by atoms with van der Waals surface area (Å²) in [5.41, 5.74) is 1.000. The van der Waals surface area contributed by atoms with Crippen molar-refractivity contribution in [3.8, 4) is 0 Å². The van der Waals surface area contributed by atoms with Crippen molar-refractivity contribution in [2.75, 3.05) is 13.7 Å². The Morgan fingerprint density at radius 1 is 1.20 bits per heavy atom. The molecule has 0 unspecified atom stereocenters. The Hall–Kier alpha value is -1.17. The maximum Gasteiger partial charge on any atom is 0.323 e. The van der Waals surface area contributed by atoms with Gasteiger partial charge in [-0.2, -0.15) is 0 Å². The van der Waals surface area contributed by atoms with Gasteiger partial charge in [-0.3, -0.25) is 4.79 Å². The van der Waals surface area contributed by atoms with Gasteiger partial charge in [0, 0.05) is 6.61 Å². The van der Waals surface area contributed by atoms with Crippen LogP contribution in [0.4, 0.5) is 0 Å². The second kappa shape index (κ2) is 9.50. The zero-order chi connectivity index (χ0) is 19.1. The SMILES string of the molecule is CN[C@H](C(=O)OCc1ccccc1)[C@@H](C)CCO[Si](C)(C)C(C)(C)C. The number of carbonyl (C=O) groups is 1. The lowest BCUT2D eigenvalue weighted by molar-refractivity contribution is -0.148. The van der Waals surface area contributed by atoms with E-state index in [9.17, 15) is 4.79 Å². The Kier molecular flexibility index (Phi) is 8.31. The van der Waals surface area contributed by atoms with Gasteiger partial charge in [0.25, 0.3) is 0 Å². The summed E-state index contributed by atoms with van der Waals surface area (Å²) in [5.74, 6) is -0.0516. The van der Waals surface area contributed by atoms with Gasteiger partial charge < -0.3 is 14.5 Å². The average Bonchev–Trinajstić information content (AvgIpc) is 2.53. The zero-order valence-corrected chi connectivity index (χ0v) is 17.9. The molecule has 25 heavy (non-hydrogen) atoms. The van der Waals surface area contributed by atoms with Gasteiger partial charge in [0.1, 0.15) is 12.6 Å². The molecule has 0 saturated carbocycles. The van der Waals surface area contributed by atoms with Crippen molar-refractivity contribution >= 4 is 14.3 Å². The monoisotopic (exact) mass is 365 g/mol. The third kappa shape index (κ3) is 6.92. The van der Waals surface area contributed by atoms with Crippen LogP contribution in [0.15, 0.2) is 30.3 Å². The lowest BCUT2D eigenvalue weighted by atomic mass is 9.99. The zero-order valence-electron chi connectivity index (χ0n) is 16.9. The van der Waals surface area contributed by atoms with Crippen LogP contribution in [-0.2, 0) is 20.6 Å². The van der Waals surface area contributed by atoms with Gasteiger partial charge in [-0.05, 0) is 43.1 Å². The number of nitrogens with one attached hydrogen (secondary N) is 1. The Labute approximate surface area is 154 Å². The Bertz CT molecular complexity index is 525. The fourth-order valence-electron chi connectivity index (χ4n) is 2.34. The van der Waals surface area contributed by atoms with Crippen molar-refractivity contribution in [1.82, 2.24) is 5.32 Å². The summed E-state index contributed by atoms with van der Waals surface area (Å²) in [6.07, 6.45) is 0.832. The first-order valence-corrected chi connectivity index (χ1v) is 12.0. The summed E-state index contributed by atoms with van der Waals surface area (Å²) < 4.78 is 11.7. The Morgan fingerprint density at radius 3 is 2.32 bits per heavy atom. The standard InChI is InChI=1S/C20H35NO3Si/c1-16(13-14-24-25(6,7)20(2,3)4)18(21-5)19(22)23-15-17-11-9-8-10-12-17/h8-12,16,18,21H,13-15H2,1-7H3/t16-,18-/m0/s1. The van der Waals surface area contributed by atoms with Crippen molar-refractivity contribution in [2.45, 2.75) is 64.9 Å². The van der Waals surface area contributed by atoms with Gasteiger partial charge in [0.05, 0.1) is 0 Å². The summed E-state index contributed by atoms with van der Waals surface area (Å²) in [7, 11) is 0.0654. The van der Waals surface area contributed by atoms with Gasteiger partial charge in [-0.25, -0.2) is 0 Å². The van der Waals surface area contributed by atoms with E-state index in [1.165, 1.54) is 0 Å². The predicted molar refractivity (Wildman–Crippen MR) is 106 cm³/mol. The van der Waals surface area contributed by atoms with Gasteiger partial charge >= 0.3 is 5.97 Å². The van der Waals surface area contributed by atoms with Gasteiger partial charge in [-0.1, -0.05) is 58.0 Å². The van der Waals surface area contributed by atoms with E-state index >= 15 is 0 Å². The number of hydrogen-bond acceptors (Lipinski definition) is 4. The van der Waals surface area contributed by atoms with Crippen molar-refractivity contribution in [3.05, 3.63) is 35.9 Å². The van der Waals surface area contributed by atoms with E-state index in [1.807, 2.05) is 30.3 Å². The molecule has 1 rings (SSSR count). The molecule has 0 aliphatic carbocycles. The topological polar surface area (TPSA) is 47.6 Å². The quantitative estimate of drug-likeness (QED) is 0.521. The number of carbonyl (C=O) groups excluding carboxylic acids is 1. The highest BCUT2D eigenvalue weighted by Gasteiger charge is 2.37. The number of benzene rings is 1. The fourth-order valence-corrected chi connectivity index (χ4v) is 3.40. The molecule has 2 atom stereocenters. The smallest absolute Gasteiger partial charge is 0.323 e. The normalized spacial score (nSPS) is 14.8. The number of likely N-dealkylation sites (N-methyl/N-ethyl adjacent to an activating group) is 1. The van der Waals surface area contributed by atoms with Crippen LogP contribution in [0.25, 0.3) is 0 Å². The molecule has 0 aliphatic heterocycles. The molecule has 0 amide bonds. The second-order valence-corrected chi connectivity index (χ2v) is 13.0. The molecule has 1 aromatic carbocycles. The molecule has 0 spiro atoms.